The zero-order valence-corrected chi connectivity index (χ0v) is 20.0. The van der Waals surface area contributed by atoms with Crippen molar-refractivity contribution in [1.29, 1.82) is 0 Å². The Morgan fingerprint density at radius 1 is 1.24 bits per heavy atom. The number of fused-ring (bicyclic) bond motifs is 2. The summed E-state index contributed by atoms with van der Waals surface area (Å²) in [6, 6.07) is 6.16. The van der Waals surface area contributed by atoms with Gasteiger partial charge in [0.05, 0.1) is 24.3 Å². The standard InChI is InChI=1S/C26H31N7O/c1-15-16(4-7-23(30-15)32-13-20-21(14-32)26(20,2)3)11-33-12-17(10-29-33)25(34)31-22-6-5-19-18(22)8-9-28-24(19)27/h4,7-10,12,20-22H,5-6,11,13-14H2,1-3H3,(H2,27,28)(H,31,34)/t20?,21?,22-/m1/s1. The number of nitrogens with two attached hydrogens (primary N) is 1. The van der Waals surface area contributed by atoms with Crippen LogP contribution < -0.4 is 16.0 Å². The van der Waals surface area contributed by atoms with Gasteiger partial charge in [-0.1, -0.05) is 19.9 Å². The maximum Gasteiger partial charge on any atom is 0.254 e. The van der Waals surface area contributed by atoms with Crippen molar-refractivity contribution < 1.29 is 4.79 Å². The number of pyridine rings is 2. The zero-order valence-electron chi connectivity index (χ0n) is 20.0. The second-order valence-electron chi connectivity index (χ2n) is 10.6. The Morgan fingerprint density at radius 3 is 2.79 bits per heavy atom. The van der Waals surface area contributed by atoms with Gasteiger partial charge in [-0.15, -0.1) is 0 Å². The lowest BCUT2D eigenvalue weighted by Crippen LogP contribution is -2.27. The van der Waals surface area contributed by atoms with Gasteiger partial charge in [0, 0.05) is 31.2 Å². The van der Waals surface area contributed by atoms with Gasteiger partial charge in [0.25, 0.3) is 5.91 Å². The molecule has 34 heavy (non-hydrogen) atoms. The molecule has 0 aromatic carbocycles. The van der Waals surface area contributed by atoms with E-state index in [1.165, 1.54) is 0 Å². The predicted octanol–water partition coefficient (Wildman–Crippen LogP) is 3.12. The Kier molecular flexibility index (Phi) is 4.69. The van der Waals surface area contributed by atoms with E-state index in [2.05, 4.69) is 53.2 Å². The molecule has 1 saturated heterocycles. The van der Waals surface area contributed by atoms with Crippen molar-refractivity contribution in [3.8, 4) is 0 Å². The highest BCUT2D eigenvalue weighted by atomic mass is 16.1. The second-order valence-corrected chi connectivity index (χ2v) is 10.6. The molecule has 0 spiro atoms. The molecule has 3 aromatic rings. The van der Waals surface area contributed by atoms with Crippen molar-refractivity contribution >= 4 is 17.5 Å². The van der Waals surface area contributed by atoms with Crippen LogP contribution in [0, 0.1) is 24.2 Å². The van der Waals surface area contributed by atoms with Crippen LogP contribution in [0.15, 0.2) is 36.8 Å². The van der Waals surface area contributed by atoms with Crippen LogP contribution in [0.5, 0.6) is 0 Å². The molecule has 0 bridgehead atoms. The van der Waals surface area contributed by atoms with Gasteiger partial charge in [0.15, 0.2) is 0 Å². The summed E-state index contributed by atoms with van der Waals surface area (Å²) < 4.78 is 1.80. The molecule has 3 N–H and O–H groups in total. The van der Waals surface area contributed by atoms with E-state index in [4.69, 9.17) is 10.7 Å². The Labute approximate surface area is 199 Å². The molecule has 0 radical (unpaired) electrons. The maximum absolute atomic E-state index is 12.9. The molecule has 1 saturated carbocycles. The molecule has 6 rings (SSSR count). The van der Waals surface area contributed by atoms with Crippen LogP contribution in [0.25, 0.3) is 0 Å². The second kappa shape index (κ2) is 7.55. The first-order valence-corrected chi connectivity index (χ1v) is 12.1. The molecule has 8 nitrogen and oxygen atoms in total. The number of nitrogens with one attached hydrogen (secondary N) is 1. The summed E-state index contributed by atoms with van der Waals surface area (Å²) >= 11 is 0. The number of hydrogen-bond acceptors (Lipinski definition) is 6. The molecule has 4 heterocycles. The van der Waals surface area contributed by atoms with Crippen LogP contribution in [-0.4, -0.2) is 38.7 Å². The molecule has 1 aliphatic heterocycles. The molecule has 2 unspecified atom stereocenters. The molecule has 8 heteroatoms. The summed E-state index contributed by atoms with van der Waals surface area (Å²) in [5, 5.41) is 7.55. The number of aromatic nitrogens is 4. The van der Waals surface area contributed by atoms with Crippen LogP contribution in [0.2, 0.25) is 0 Å². The van der Waals surface area contributed by atoms with Gasteiger partial charge < -0.3 is 16.0 Å². The van der Waals surface area contributed by atoms with Crippen molar-refractivity contribution in [3.63, 3.8) is 0 Å². The summed E-state index contributed by atoms with van der Waals surface area (Å²) in [5.74, 6) is 3.10. The largest absolute Gasteiger partial charge is 0.383 e. The van der Waals surface area contributed by atoms with Crippen LogP contribution in [0.4, 0.5) is 11.6 Å². The molecule has 176 valence electrons. The zero-order chi connectivity index (χ0) is 23.6. The van der Waals surface area contributed by atoms with Crippen molar-refractivity contribution in [2.75, 3.05) is 23.7 Å². The Bertz CT molecular complexity index is 1270. The number of carbonyl (C=O) groups is 1. The summed E-state index contributed by atoms with van der Waals surface area (Å²) in [4.78, 5) is 24.3. The van der Waals surface area contributed by atoms with Gasteiger partial charge in [0.2, 0.25) is 0 Å². The van der Waals surface area contributed by atoms with E-state index in [1.807, 2.05) is 6.07 Å². The highest BCUT2D eigenvalue weighted by Crippen LogP contribution is 2.62. The molecule has 2 fully saturated rings. The number of rotatable bonds is 5. The quantitative estimate of drug-likeness (QED) is 0.610. The third-order valence-electron chi connectivity index (χ3n) is 8.34. The third-order valence-corrected chi connectivity index (χ3v) is 8.34. The van der Waals surface area contributed by atoms with E-state index >= 15 is 0 Å². The highest BCUT2D eigenvalue weighted by molar-refractivity contribution is 5.94. The number of piperidine rings is 1. The number of anilines is 2. The fourth-order valence-electron chi connectivity index (χ4n) is 5.94. The number of amides is 1. The van der Waals surface area contributed by atoms with Gasteiger partial charge in [-0.05, 0) is 65.8 Å². The SMILES string of the molecule is Cc1nc(N2CC3C(C2)C3(C)C)ccc1Cn1cc(C(=O)N[C@@H]2CCc3c2ccnc3N)cn1. The summed E-state index contributed by atoms with van der Waals surface area (Å²) in [6.07, 6.45) is 6.79. The van der Waals surface area contributed by atoms with Crippen molar-refractivity contribution in [3.05, 3.63) is 64.7 Å². The Balaban J connectivity index is 1.10. The first-order valence-electron chi connectivity index (χ1n) is 12.1. The minimum Gasteiger partial charge on any atom is -0.383 e. The van der Waals surface area contributed by atoms with Gasteiger partial charge in [-0.2, -0.15) is 5.10 Å². The lowest BCUT2D eigenvalue weighted by atomic mass is 10.1. The minimum absolute atomic E-state index is 0.0441. The fraction of sp³-hybridized carbons (Fsp3) is 0.462. The van der Waals surface area contributed by atoms with Gasteiger partial charge in [-0.25, -0.2) is 9.97 Å². The first kappa shape index (κ1) is 21.1. The van der Waals surface area contributed by atoms with Gasteiger partial charge in [-0.3, -0.25) is 9.48 Å². The van der Waals surface area contributed by atoms with Crippen LogP contribution in [0.3, 0.4) is 0 Å². The van der Waals surface area contributed by atoms with Crippen LogP contribution in [-0.2, 0) is 13.0 Å². The lowest BCUT2D eigenvalue weighted by molar-refractivity contribution is 0.0936. The number of nitrogens with zero attached hydrogens (tertiary/aromatic N) is 5. The summed E-state index contributed by atoms with van der Waals surface area (Å²) in [7, 11) is 0. The van der Waals surface area contributed by atoms with Crippen LogP contribution >= 0.6 is 0 Å². The topological polar surface area (TPSA) is 102 Å². The van der Waals surface area contributed by atoms with Gasteiger partial charge >= 0.3 is 0 Å². The van der Waals surface area contributed by atoms with Crippen molar-refractivity contribution in [2.24, 2.45) is 17.3 Å². The number of hydrogen-bond donors (Lipinski definition) is 2. The number of aryl methyl sites for hydroxylation is 1. The Hall–Kier alpha value is -3.42. The van der Waals surface area contributed by atoms with E-state index in [1.54, 1.807) is 23.3 Å². The molecule has 3 aliphatic rings. The minimum atomic E-state index is -0.125. The maximum atomic E-state index is 12.9. The van der Waals surface area contributed by atoms with Crippen LogP contribution in [0.1, 0.15) is 59.1 Å². The molecular weight excluding hydrogens is 426 g/mol. The molecule has 1 amide bonds. The van der Waals surface area contributed by atoms with E-state index in [9.17, 15) is 4.79 Å². The van der Waals surface area contributed by atoms with E-state index < -0.39 is 0 Å². The average Bonchev–Trinajstić information content (AvgIpc) is 3.37. The summed E-state index contributed by atoms with van der Waals surface area (Å²) in [6.45, 7) is 9.60. The fourth-order valence-corrected chi connectivity index (χ4v) is 5.94. The number of carbonyl (C=O) groups excluding carboxylic acids is 1. The molecule has 3 aromatic heterocycles. The van der Waals surface area contributed by atoms with E-state index in [-0.39, 0.29) is 11.9 Å². The van der Waals surface area contributed by atoms with Gasteiger partial charge in [0.1, 0.15) is 11.6 Å². The van der Waals surface area contributed by atoms with Crippen molar-refractivity contribution in [1.82, 2.24) is 25.1 Å². The Morgan fingerprint density at radius 2 is 2.03 bits per heavy atom. The number of nitrogen functional groups attached to an aromatic ring is 1. The molecular formula is C26H31N7O. The predicted molar refractivity (Wildman–Crippen MR) is 130 cm³/mol. The van der Waals surface area contributed by atoms with Crippen molar-refractivity contribution in [2.45, 2.75) is 46.2 Å². The smallest absolute Gasteiger partial charge is 0.254 e. The monoisotopic (exact) mass is 457 g/mol. The highest BCUT2D eigenvalue weighted by Gasteiger charge is 2.62. The molecule has 2 aliphatic carbocycles. The van der Waals surface area contributed by atoms with E-state index in [0.29, 0.717) is 23.3 Å². The third kappa shape index (κ3) is 3.43. The normalized spacial score (nSPS) is 24.1. The van der Waals surface area contributed by atoms with E-state index in [0.717, 1.165) is 66.0 Å². The average molecular weight is 458 g/mol. The summed E-state index contributed by atoms with van der Waals surface area (Å²) in [5.41, 5.74) is 11.3. The first-order chi connectivity index (χ1) is 16.3. The lowest BCUT2D eigenvalue weighted by Gasteiger charge is -2.23. The molecule has 3 atom stereocenters.